The molecule has 138 valence electrons. The van der Waals surface area contributed by atoms with E-state index in [1.54, 1.807) is 4.90 Å². The highest BCUT2D eigenvalue weighted by Crippen LogP contribution is 2.27. The van der Waals surface area contributed by atoms with Crippen LogP contribution in [0.15, 0.2) is 18.0 Å². The maximum Gasteiger partial charge on any atom is 0.224 e. The number of hydrogen-bond acceptors (Lipinski definition) is 7. The molecule has 9 nitrogen and oxygen atoms in total. The van der Waals surface area contributed by atoms with Crippen molar-refractivity contribution in [3.63, 3.8) is 0 Å². The standard InChI is InChI=1S/C15H24N6O3S/c1-12(2)3-5-19-7-8-21(14-10-25(23,24)9-13(14)19)15(22)4-6-20-11-16-17-18-20/h3,11,13-14H,4-10H2,1-2H3/t13-,14+/m0/s1. The van der Waals surface area contributed by atoms with Gasteiger partial charge in [-0.3, -0.25) is 9.69 Å². The third-order valence-electron chi connectivity index (χ3n) is 4.79. The van der Waals surface area contributed by atoms with Crippen molar-refractivity contribution in [3.8, 4) is 0 Å². The van der Waals surface area contributed by atoms with E-state index in [2.05, 4.69) is 26.5 Å². The SMILES string of the molecule is CC(C)=CCN1CCN(C(=O)CCn2cnnn2)[C@@H]2CS(=O)(=O)C[C@@H]21. The predicted molar refractivity (Wildman–Crippen MR) is 91.4 cm³/mol. The summed E-state index contributed by atoms with van der Waals surface area (Å²) in [5.74, 6) is 0.148. The molecule has 0 spiro atoms. The number of nitrogens with zero attached hydrogens (tertiary/aromatic N) is 6. The predicted octanol–water partition coefficient (Wildman–Crippen LogP) is -0.661. The summed E-state index contributed by atoms with van der Waals surface area (Å²) in [6.07, 6.45) is 3.84. The molecule has 0 unspecified atom stereocenters. The number of sulfone groups is 1. The van der Waals surface area contributed by atoms with Crippen molar-refractivity contribution in [1.82, 2.24) is 30.0 Å². The number of tetrazole rings is 1. The van der Waals surface area contributed by atoms with Crippen molar-refractivity contribution in [2.45, 2.75) is 38.9 Å². The number of rotatable bonds is 5. The third kappa shape index (κ3) is 4.24. The topological polar surface area (TPSA) is 101 Å². The number of carbonyl (C=O) groups is 1. The number of amides is 1. The zero-order valence-corrected chi connectivity index (χ0v) is 15.4. The second-order valence-corrected chi connectivity index (χ2v) is 9.05. The fraction of sp³-hybridized carbons (Fsp3) is 0.733. The molecule has 3 heterocycles. The Kier molecular flexibility index (Phi) is 5.19. The van der Waals surface area contributed by atoms with Crippen LogP contribution in [-0.4, -0.2) is 87.6 Å². The van der Waals surface area contributed by atoms with Crippen LogP contribution in [0.1, 0.15) is 20.3 Å². The first-order valence-electron chi connectivity index (χ1n) is 8.44. The molecule has 0 aliphatic carbocycles. The van der Waals surface area contributed by atoms with Gasteiger partial charge in [-0.05, 0) is 24.3 Å². The molecule has 10 heteroatoms. The minimum Gasteiger partial charge on any atom is -0.336 e. The maximum atomic E-state index is 12.6. The smallest absolute Gasteiger partial charge is 0.224 e. The molecule has 1 aromatic rings. The van der Waals surface area contributed by atoms with Crippen LogP contribution in [0.3, 0.4) is 0 Å². The van der Waals surface area contributed by atoms with Crippen molar-refractivity contribution in [1.29, 1.82) is 0 Å². The van der Waals surface area contributed by atoms with Gasteiger partial charge in [0, 0.05) is 32.1 Å². The Bertz CT molecular complexity index is 741. The fourth-order valence-electron chi connectivity index (χ4n) is 3.50. The summed E-state index contributed by atoms with van der Waals surface area (Å²) < 4.78 is 25.9. The minimum absolute atomic E-state index is 0.0375. The van der Waals surface area contributed by atoms with Crippen LogP contribution >= 0.6 is 0 Å². The van der Waals surface area contributed by atoms with E-state index in [0.29, 0.717) is 19.6 Å². The Morgan fingerprint density at radius 2 is 2.00 bits per heavy atom. The molecule has 2 fully saturated rings. The molecule has 0 bridgehead atoms. The number of hydrogen-bond donors (Lipinski definition) is 0. The molecule has 3 rings (SSSR count). The zero-order valence-electron chi connectivity index (χ0n) is 14.6. The molecule has 0 radical (unpaired) electrons. The second kappa shape index (κ2) is 7.20. The average molecular weight is 368 g/mol. The van der Waals surface area contributed by atoms with Crippen molar-refractivity contribution in [2.24, 2.45) is 0 Å². The van der Waals surface area contributed by atoms with Crippen molar-refractivity contribution in [3.05, 3.63) is 18.0 Å². The molecule has 2 atom stereocenters. The summed E-state index contributed by atoms with van der Waals surface area (Å²) >= 11 is 0. The normalized spacial score (nSPS) is 25.6. The van der Waals surface area contributed by atoms with Crippen molar-refractivity contribution >= 4 is 15.7 Å². The summed E-state index contributed by atoms with van der Waals surface area (Å²) in [4.78, 5) is 16.6. The summed E-state index contributed by atoms with van der Waals surface area (Å²) in [6.45, 7) is 6.43. The van der Waals surface area contributed by atoms with Gasteiger partial charge in [-0.1, -0.05) is 11.6 Å². The number of aryl methyl sites for hydroxylation is 1. The number of piperazine rings is 1. The van der Waals surface area contributed by atoms with E-state index < -0.39 is 9.84 Å². The third-order valence-corrected chi connectivity index (χ3v) is 6.49. The highest BCUT2D eigenvalue weighted by molar-refractivity contribution is 7.91. The molecule has 2 aliphatic heterocycles. The average Bonchev–Trinajstić information content (AvgIpc) is 3.16. The van der Waals surface area contributed by atoms with Crippen LogP contribution in [0.25, 0.3) is 0 Å². The molecular weight excluding hydrogens is 344 g/mol. The molecule has 25 heavy (non-hydrogen) atoms. The van der Waals surface area contributed by atoms with E-state index in [1.807, 2.05) is 13.8 Å². The quantitative estimate of drug-likeness (QED) is 0.636. The van der Waals surface area contributed by atoms with Crippen molar-refractivity contribution < 1.29 is 13.2 Å². The number of aromatic nitrogens is 4. The molecule has 1 amide bonds. The maximum absolute atomic E-state index is 12.6. The number of fused-ring (bicyclic) bond motifs is 1. The van der Waals surface area contributed by atoms with Crippen LogP contribution in [0.5, 0.6) is 0 Å². The first kappa shape index (κ1) is 18.0. The van der Waals surface area contributed by atoms with Crippen LogP contribution in [0, 0.1) is 0 Å². The van der Waals surface area contributed by atoms with E-state index in [-0.39, 0.29) is 35.9 Å². The van der Waals surface area contributed by atoms with Crippen molar-refractivity contribution in [2.75, 3.05) is 31.1 Å². The molecule has 2 aliphatic rings. The van der Waals surface area contributed by atoms with Gasteiger partial charge < -0.3 is 4.90 Å². The molecule has 1 aromatic heterocycles. The number of carbonyl (C=O) groups excluding carboxylic acids is 1. The van der Waals surface area contributed by atoms with Gasteiger partial charge in [0.1, 0.15) is 6.33 Å². The first-order valence-corrected chi connectivity index (χ1v) is 10.3. The fourth-order valence-corrected chi connectivity index (χ4v) is 5.51. The molecule has 2 saturated heterocycles. The van der Waals surface area contributed by atoms with E-state index in [0.717, 1.165) is 6.54 Å². The van der Waals surface area contributed by atoms with E-state index in [4.69, 9.17) is 0 Å². The lowest BCUT2D eigenvalue weighted by molar-refractivity contribution is -0.137. The molecule has 0 aromatic carbocycles. The molecule has 0 N–H and O–H groups in total. The van der Waals surface area contributed by atoms with Gasteiger partial charge in [0.15, 0.2) is 9.84 Å². The second-order valence-electron chi connectivity index (χ2n) is 6.90. The van der Waals surface area contributed by atoms with Gasteiger partial charge in [0.2, 0.25) is 5.91 Å². The van der Waals surface area contributed by atoms with Gasteiger partial charge in [-0.15, -0.1) is 5.10 Å². The summed E-state index contributed by atoms with van der Waals surface area (Å²) in [5.41, 5.74) is 1.21. The largest absolute Gasteiger partial charge is 0.336 e. The lowest BCUT2D eigenvalue weighted by atomic mass is 10.0. The van der Waals surface area contributed by atoms with Crippen LogP contribution in [0.4, 0.5) is 0 Å². The van der Waals surface area contributed by atoms with Gasteiger partial charge in [0.25, 0.3) is 0 Å². The zero-order chi connectivity index (χ0) is 18.0. The molecular formula is C15H24N6O3S. The summed E-state index contributed by atoms with van der Waals surface area (Å²) in [5, 5.41) is 10.8. The lowest BCUT2D eigenvalue weighted by Gasteiger charge is -2.43. The van der Waals surface area contributed by atoms with Crippen LogP contribution in [-0.2, 0) is 21.2 Å². The Balaban J connectivity index is 1.69. The number of allylic oxidation sites excluding steroid dienone is 1. The lowest BCUT2D eigenvalue weighted by Crippen LogP contribution is -2.60. The Morgan fingerprint density at radius 3 is 2.68 bits per heavy atom. The van der Waals surface area contributed by atoms with Gasteiger partial charge in [-0.2, -0.15) is 0 Å². The van der Waals surface area contributed by atoms with E-state index >= 15 is 0 Å². The van der Waals surface area contributed by atoms with Crippen LogP contribution in [0.2, 0.25) is 0 Å². The Morgan fingerprint density at radius 1 is 1.24 bits per heavy atom. The van der Waals surface area contributed by atoms with Gasteiger partial charge in [-0.25, -0.2) is 13.1 Å². The Hall–Kier alpha value is -1.81. The van der Waals surface area contributed by atoms with Gasteiger partial charge >= 0.3 is 0 Å². The van der Waals surface area contributed by atoms with Crippen LogP contribution < -0.4 is 0 Å². The minimum atomic E-state index is -3.12. The van der Waals surface area contributed by atoms with E-state index in [9.17, 15) is 13.2 Å². The highest BCUT2D eigenvalue weighted by atomic mass is 32.2. The Labute approximate surface area is 147 Å². The highest BCUT2D eigenvalue weighted by Gasteiger charge is 2.47. The summed E-state index contributed by atoms with van der Waals surface area (Å²) in [6, 6.07) is -0.378. The van der Waals surface area contributed by atoms with Gasteiger partial charge in [0.05, 0.1) is 24.1 Å². The monoisotopic (exact) mass is 368 g/mol. The van der Waals surface area contributed by atoms with E-state index in [1.165, 1.54) is 16.6 Å². The first-order chi connectivity index (χ1) is 11.9. The summed E-state index contributed by atoms with van der Waals surface area (Å²) in [7, 11) is -3.12. The molecule has 0 saturated carbocycles.